The first-order valence-corrected chi connectivity index (χ1v) is 7.82. The van der Waals surface area contributed by atoms with Crippen LogP contribution in [-0.2, 0) is 0 Å². The molecule has 1 aliphatic heterocycles. The second-order valence-corrected chi connectivity index (χ2v) is 5.80. The maximum atomic E-state index is 13.9. The molecule has 1 aliphatic rings. The Labute approximate surface area is 139 Å². The van der Waals surface area contributed by atoms with E-state index in [4.69, 9.17) is 4.74 Å². The zero-order chi connectivity index (χ0) is 17.1. The lowest BCUT2D eigenvalue weighted by molar-refractivity contribution is 0.274. The Morgan fingerprint density at radius 3 is 2.58 bits per heavy atom. The normalized spacial score (nSPS) is 17.5. The van der Waals surface area contributed by atoms with Gasteiger partial charge >= 0.3 is 0 Å². The summed E-state index contributed by atoms with van der Waals surface area (Å²) in [5.74, 6) is -1.49. The first kappa shape index (κ1) is 16.6. The molecule has 2 aromatic carbocycles. The predicted octanol–water partition coefficient (Wildman–Crippen LogP) is 4.24. The Hall–Kier alpha value is -2.27. The van der Waals surface area contributed by atoms with Crippen molar-refractivity contribution in [2.75, 3.05) is 13.2 Å². The Morgan fingerprint density at radius 2 is 1.83 bits per heavy atom. The molecule has 0 aromatic heterocycles. The first-order chi connectivity index (χ1) is 11.5. The van der Waals surface area contributed by atoms with Crippen LogP contribution in [0, 0.1) is 24.4 Å². The molecule has 2 aromatic rings. The summed E-state index contributed by atoms with van der Waals surface area (Å²) in [5.41, 5.74) is 2.09. The van der Waals surface area contributed by atoms with Crippen LogP contribution in [0.4, 0.5) is 13.2 Å². The molecule has 0 saturated heterocycles. The Balaban J connectivity index is 1.76. The lowest BCUT2D eigenvalue weighted by atomic mass is 9.95. The highest BCUT2D eigenvalue weighted by Gasteiger charge is 2.20. The van der Waals surface area contributed by atoms with Crippen molar-refractivity contribution in [1.82, 2.24) is 5.32 Å². The summed E-state index contributed by atoms with van der Waals surface area (Å²) in [6.07, 6.45) is 2.90. The Kier molecular flexibility index (Phi) is 4.90. The van der Waals surface area contributed by atoms with Crippen molar-refractivity contribution >= 4 is 5.57 Å². The number of ether oxygens (including phenoxy) is 1. The van der Waals surface area contributed by atoms with Crippen molar-refractivity contribution in [3.05, 3.63) is 71.1 Å². The van der Waals surface area contributed by atoms with E-state index >= 15 is 0 Å². The lowest BCUT2D eigenvalue weighted by Gasteiger charge is -2.26. The SMILES string of the molecule is Cc1cc(F)c(OCC2NCCC=C2c2ccc(F)cc2)cc1F. The van der Waals surface area contributed by atoms with E-state index in [1.54, 1.807) is 12.1 Å². The highest BCUT2D eigenvalue weighted by atomic mass is 19.1. The second-order valence-electron chi connectivity index (χ2n) is 5.80. The van der Waals surface area contributed by atoms with Gasteiger partial charge in [-0.05, 0) is 54.8 Å². The van der Waals surface area contributed by atoms with Crippen molar-refractivity contribution in [2.45, 2.75) is 19.4 Å². The fourth-order valence-electron chi connectivity index (χ4n) is 2.76. The van der Waals surface area contributed by atoms with Gasteiger partial charge in [-0.2, -0.15) is 0 Å². The highest BCUT2D eigenvalue weighted by Crippen LogP contribution is 2.25. The predicted molar refractivity (Wildman–Crippen MR) is 87.4 cm³/mol. The molecule has 0 aliphatic carbocycles. The van der Waals surface area contributed by atoms with Crippen molar-refractivity contribution in [3.63, 3.8) is 0 Å². The molecule has 126 valence electrons. The number of halogens is 3. The van der Waals surface area contributed by atoms with E-state index in [0.717, 1.165) is 36.2 Å². The Morgan fingerprint density at radius 1 is 1.08 bits per heavy atom. The number of benzene rings is 2. The van der Waals surface area contributed by atoms with E-state index in [1.165, 1.54) is 19.1 Å². The maximum Gasteiger partial charge on any atom is 0.165 e. The minimum atomic E-state index is -0.586. The summed E-state index contributed by atoms with van der Waals surface area (Å²) in [6, 6.07) is 8.22. The van der Waals surface area contributed by atoms with Gasteiger partial charge in [-0.1, -0.05) is 18.2 Å². The number of hydrogen-bond donors (Lipinski definition) is 1. The van der Waals surface area contributed by atoms with Crippen molar-refractivity contribution < 1.29 is 17.9 Å². The minimum Gasteiger partial charge on any atom is -0.488 e. The quantitative estimate of drug-likeness (QED) is 0.904. The number of nitrogens with one attached hydrogen (secondary N) is 1. The molecule has 0 bridgehead atoms. The number of hydrogen-bond acceptors (Lipinski definition) is 2. The number of rotatable bonds is 4. The van der Waals surface area contributed by atoms with E-state index in [9.17, 15) is 13.2 Å². The zero-order valence-electron chi connectivity index (χ0n) is 13.3. The third kappa shape index (κ3) is 3.62. The summed E-state index contributed by atoms with van der Waals surface area (Å²) in [4.78, 5) is 0. The highest BCUT2D eigenvalue weighted by molar-refractivity contribution is 5.70. The van der Waals surface area contributed by atoms with Gasteiger partial charge < -0.3 is 10.1 Å². The molecule has 0 amide bonds. The van der Waals surface area contributed by atoms with Crippen LogP contribution in [0.25, 0.3) is 5.57 Å². The van der Waals surface area contributed by atoms with Gasteiger partial charge in [0.2, 0.25) is 0 Å². The van der Waals surface area contributed by atoms with Crippen LogP contribution in [0.3, 0.4) is 0 Å². The third-order valence-corrected chi connectivity index (χ3v) is 4.07. The van der Waals surface area contributed by atoms with E-state index < -0.39 is 11.6 Å². The average Bonchev–Trinajstić information content (AvgIpc) is 2.58. The van der Waals surface area contributed by atoms with Crippen LogP contribution < -0.4 is 10.1 Å². The van der Waals surface area contributed by atoms with Gasteiger partial charge in [-0.3, -0.25) is 0 Å². The summed E-state index contributed by atoms with van der Waals surface area (Å²) in [6.45, 7) is 2.42. The van der Waals surface area contributed by atoms with E-state index in [2.05, 4.69) is 11.4 Å². The van der Waals surface area contributed by atoms with Crippen molar-refractivity contribution in [3.8, 4) is 5.75 Å². The molecule has 1 heterocycles. The topological polar surface area (TPSA) is 21.3 Å². The van der Waals surface area contributed by atoms with Gasteiger partial charge in [0.25, 0.3) is 0 Å². The largest absolute Gasteiger partial charge is 0.488 e. The van der Waals surface area contributed by atoms with Crippen LogP contribution in [0.2, 0.25) is 0 Å². The maximum absolute atomic E-state index is 13.9. The molecule has 1 atom stereocenters. The molecule has 0 radical (unpaired) electrons. The molecule has 2 nitrogen and oxygen atoms in total. The smallest absolute Gasteiger partial charge is 0.165 e. The van der Waals surface area contributed by atoms with E-state index in [1.807, 2.05) is 0 Å². The zero-order valence-corrected chi connectivity index (χ0v) is 13.3. The standard InChI is InChI=1S/C19H18F3NO/c1-12-9-17(22)19(10-16(12)21)24-11-18-15(3-2-8-23-18)13-4-6-14(20)7-5-13/h3-7,9-10,18,23H,2,8,11H2,1H3. The molecule has 24 heavy (non-hydrogen) atoms. The molecule has 3 rings (SSSR count). The molecule has 1 unspecified atom stereocenters. The lowest BCUT2D eigenvalue weighted by Crippen LogP contribution is -2.38. The van der Waals surface area contributed by atoms with Crippen LogP contribution in [0.5, 0.6) is 5.75 Å². The van der Waals surface area contributed by atoms with Crippen LogP contribution in [0.1, 0.15) is 17.5 Å². The van der Waals surface area contributed by atoms with E-state index in [-0.39, 0.29) is 29.8 Å². The van der Waals surface area contributed by atoms with Gasteiger partial charge in [0.05, 0.1) is 6.04 Å². The average molecular weight is 333 g/mol. The van der Waals surface area contributed by atoms with Crippen LogP contribution in [-0.4, -0.2) is 19.2 Å². The van der Waals surface area contributed by atoms with Crippen LogP contribution in [0.15, 0.2) is 42.5 Å². The van der Waals surface area contributed by atoms with Gasteiger partial charge in [-0.15, -0.1) is 0 Å². The fraction of sp³-hybridized carbons (Fsp3) is 0.263. The second kappa shape index (κ2) is 7.09. The van der Waals surface area contributed by atoms with Crippen LogP contribution >= 0.6 is 0 Å². The molecule has 0 saturated carbocycles. The molecule has 0 fully saturated rings. The minimum absolute atomic E-state index is 0.107. The molecule has 5 heteroatoms. The van der Waals surface area contributed by atoms with Gasteiger partial charge in [0.15, 0.2) is 11.6 Å². The van der Waals surface area contributed by atoms with Crippen molar-refractivity contribution in [1.29, 1.82) is 0 Å². The molecule has 0 spiro atoms. The monoisotopic (exact) mass is 333 g/mol. The van der Waals surface area contributed by atoms with Gasteiger partial charge in [-0.25, -0.2) is 13.2 Å². The van der Waals surface area contributed by atoms with Crippen molar-refractivity contribution in [2.24, 2.45) is 0 Å². The molecular formula is C19H18F3NO. The number of aryl methyl sites for hydroxylation is 1. The third-order valence-electron chi connectivity index (χ3n) is 4.07. The molecule has 1 N–H and O–H groups in total. The molecular weight excluding hydrogens is 315 g/mol. The fourth-order valence-corrected chi connectivity index (χ4v) is 2.76. The summed E-state index contributed by atoms with van der Waals surface area (Å²) in [5, 5.41) is 3.29. The van der Waals surface area contributed by atoms with Gasteiger partial charge in [0, 0.05) is 6.07 Å². The van der Waals surface area contributed by atoms with Gasteiger partial charge in [0.1, 0.15) is 18.2 Å². The summed E-state index contributed by atoms with van der Waals surface area (Å²) in [7, 11) is 0. The summed E-state index contributed by atoms with van der Waals surface area (Å²) < 4.78 is 46.1. The first-order valence-electron chi connectivity index (χ1n) is 7.82. The Bertz CT molecular complexity index is 756. The van der Waals surface area contributed by atoms with E-state index in [0.29, 0.717) is 0 Å². The summed E-state index contributed by atoms with van der Waals surface area (Å²) >= 11 is 0.